The minimum atomic E-state index is 0.0492. The summed E-state index contributed by atoms with van der Waals surface area (Å²) >= 11 is 0. The van der Waals surface area contributed by atoms with Crippen LogP contribution in [0.1, 0.15) is 39.0 Å². The van der Waals surface area contributed by atoms with Gasteiger partial charge >= 0.3 is 0 Å². The van der Waals surface area contributed by atoms with Crippen LogP contribution in [-0.4, -0.2) is 73.6 Å². The van der Waals surface area contributed by atoms with E-state index in [4.69, 9.17) is 4.74 Å². The Bertz CT molecular complexity index is 443. The summed E-state index contributed by atoms with van der Waals surface area (Å²) in [5, 5.41) is 3.20. The first kappa shape index (κ1) is 17.7. The number of carbonyl (C=O) groups is 2. The molecule has 2 saturated heterocycles. The van der Waals surface area contributed by atoms with Crippen LogP contribution in [0, 0.1) is 11.8 Å². The summed E-state index contributed by atoms with van der Waals surface area (Å²) in [7, 11) is 0. The molecule has 0 unspecified atom stereocenters. The monoisotopic (exact) mass is 337 g/mol. The molecular formula is C18H31N3O3. The maximum absolute atomic E-state index is 12.4. The van der Waals surface area contributed by atoms with Gasteiger partial charge in [-0.15, -0.1) is 0 Å². The summed E-state index contributed by atoms with van der Waals surface area (Å²) in [6.45, 7) is 7.02. The van der Waals surface area contributed by atoms with Crippen LogP contribution >= 0.6 is 0 Å². The lowest BCUT2D eigenvalue weighted by molar-refractivity contribution is -0.137. The van der Waals surface area contributed by atoms with Crippen LogP contribution in [0.4, 0.5) is 0 Å². The Balaban J connectivity index is 1.37. The van der Waals surface area contributed by atoms with Crippen LogP contribution in [0.15, 0.2) is 0 Å². The van der Waals surface area contributed by atoms with Crippen molar-refractivity contribution in [2.24, 2.45) is 11.8 Å². The second-order valence-electron chi connectivity index (χ2n) is 7.70. The molecule has 3 rings (SSSR count). The maximum atomic E-state index is 12.4. The number of amides is 2. The first-order valence-electron chi connectivity index (χ1n) is 9.50. The number of nitrogens with one attached hydrogen (secondary N) is 1. The Morgan fingerprint density at radius 1 is 1.12 bits per heavy atom. The predicted octanol–water partition coefficient (Wildman–Crippen LogP) is 0.862. The topological polar surface area (TPSA) is 61.9 Å². The van der Waals surface area contributed by atoms with E-state index in [1.54, 1.807) is 0 Å². The van der Waals surface area contributed by atoms with E-state index in [0.29, 0.717) is 25.8 Å². The van der Waals surface area contributed by atoms with E-state index in [1.165, 1.54) is 12.8 Å². The molecule has 1 aliphatic carbocycles. The highest BCUT2D eigenvalue weighted by Crippen LogP contribution is 2.23. The lowest BCUT2D eigenvalue weighted by atomic mass is 9.87. The number of hydrogen-bond donors (Lipinski definition) is 1. The van der Waals surface area contributed by atoms with Gasteiger partial charge < -0.3 is 15.0 Å². The normalized spacial score (nSPS) is 31.9. The Morgan fingerprint density at radius 3 is 2.58 bits per heavy atom. The number of carbonyl (C=O) groups excluding carboxylic acids is 2. The fraction of sp³-hybridized carbons (Fsp3) is 0.889. The van der Waals surface area contributed by atoms with Crippen LogP contribution in [0.3, 0.4) is 0 Å². The summed E-state index contributed by atoms with van der Waals surface area (Å²) < 4.78 is 5.31. The summed E-state index contributed by atoms with van der Waals surface area (Å²) in [5.41, 5.74) is 0. The second-order valence-corrected chi connectivity index (χ2v) is 7.70. The molecule has 0 aromatic rings. The molecule has 2 amide bonds. The standard InChI is InChI=1S/C18H31N3O3/c1-14-3-2-4-16(11-14)19-17(22)12-20-6-8-21(9-7-20)18(23)15-5-10-24-13-15/h14-16H,2-13H2,1H3,(H,19,22)/t14-,15-,16+/m1/s1. The highest BCUT2D eigenvalue weighted by molar-refractivity contribution is 5.80. The van der Waals surface area contributed by atoms with Gasteiger partial charge in [0.15, 0.2) is 0 Å². The Morgan fingerprint density at radius 2 is 1.92 bits per heavy atom. The van der Waals surface area contributed by atoms with Gasteiger partial charge in [-0.1, -0.05) is 19.8 Å². The van der Waals surface area contributed by atoms with Gasteiger partial charge in [0.1, 0.15) is 0 Å². The van der Waals surface area contributed by atoms with Gasteiger partial charge in [-0.2, -0.15) is 0 Å². The van der Waals surface area contributed by atoms with Crippen molar-refractivity contribution >= 4 is 11.8 Å². The molecule has 1 saturated carbocycles. The Labute approximate surface area is 144 Å². The number of ether oxygens (including phenoxy) is 1. The maximum Gasteiger partial charge on any atom is 0.234 e. The van der Waals surface area contributed by atoms with Crippen molar-refractivity contribution in [1.29, 1.82) is 0 Å². The van der Waals surface area contributed by atoms with E-state index in [2.05, 4.69) is 17.1 Å². The minimum Gasteiger partial charge on any atom is -0.381 e. The van der Waals surface area contributed by atoms with Crippen molar-refractivity contribution in [1.82, 2.24) is 15.1 Å². The fourth-order valence-electron chi connectivity index (χ4n) is 4.16. The summed E-state index contributed by atoms with van der Waals surface area (Å²) in [5.74, 6) is 1.14. The second kappa shape index (κ2) is 8.30. The molecule has 0 aromatic carbocycles. The zero-order valence-electron chi connectivity index (χ0n) is 14.8. The van der Waals surface area contributed by atoms with Crippen LogP contribution in [0.5, 0.6) is 0 Å². The number of hydrogen-bond acceptors (Lipinski definition) is 4. The van der Waals surface area contributed by atoms with E-state index in [-0.39, 0.29) is 17.7 Å². The van der Waals surface area contributed by atoms with Gasteiger partial charge in [-0.3, -0.25) is 14.5 Å². The van der Waals surface area contributed by atoms with Gasteiger partial charge in [-0.25, -0.2) is 0 Å². The third kappa shape index (κ3) is 4.70. The fourth-order valence-corrected chi connectivity index (χ4v) is 4.16. The average Bonchev–Trinajstić information content (AvgIpc) is 3.09. The molecule has 0 spiro atoms. The van der Waals surface area contributed by atoms with Crippen LogP contribution < -0.4 is 5.32 Å². The van der Waals surface area contributed by atoms with Crippen molar-refractivity contribution in [3.63, 3.8) is 0 Å². The van der Waals surface area contributed by atoms with Gasteiger partial charge in [-0.05, 0) is 25.2 Å². The highest BCUT2D eigenvalue weighted by atomic mass is 16.5. The van der Waals surface area contributed by atoms with Crippen molar-refractivity contribution in [2.75, 3.05) is 45.9 Å². The van der Waals surface area contributed by atoms with Crippen molar-refractivity contribution in [3.8, 4) is 0 Å². The van der Waals surface area contributed by atoms with E-state index in [1.807, 2.05) is 4.90 Å². The molecule has 3 aliphatic rings. The van der Waals surface area contributed by atoms with E-state index >= 15 is 0 Å². The highest BCUT2D eigenvalue weighted by Gasteiger charge is 2.30. The molecule has 2 heterocycles. The van der Waals surface area contributed by atoms with Gasteiger partial charge in [0.2, 0.25) is 11.8 Å². The van der Waals surface area contributed by atoms with Crippen LogP contribution in [-0.2, 0) is 14.3 Å². The zero-order chi connectivity index (χ0) is 16.9. The molecule has 6 heteroatoms. The molecule has 1 N–H and O–H groups in total. The Kier molecular flexibility index (Phi) is 6.11. The summed E-state index contributed by atoms with van der Waals surface area (Å²) in [4.78, 5) is 28.7. The lowest BCUT2D eigenvalue weighted by Gasteiger charge is -2.36. The van der Waals surface area contributed by atoms with E-state index in [0.717, 1.165) is 51.4 Å². The first-order valence-corrected chi connectivity index (χ1v) is 9.50. The van der Waals surface area contributed by atoms with Crippen molar-refractivity contribution < 1.29 is 14.3 Å². The third-order valence-corrected chi connectivity index (χ3v) is 5.63. The molecule has 0 bridgehead atoms. The smallest absolute Gasteiger partial charge is 0.234 e. The van der Waals surface area contributed by atoms with Gasteiger partial charge in [0.25, 0.3) is 0 Å². The number of nitrogens with zero attached hydrogens (tertiary/aromatic N) is 2. The minimum absolute atomic E-state index is 0.0492. The van der Waals surface area contributed by atoms with E-state index < -0.39 is 0 Å². The lowest BCUT2D eigenvalue weighted by Crippen LogP contribution is -2.53. The molecule has 3 fully saturated rings. The zero-order valence-corrected chi connectivity index (χ0v) is 14.8. The molecule has 24 heavy (non-hydrogen) atoms. The summed E-state index contributed by atoms with van der Waals surface area (Å²) in [6, 6.07) is 0.353. The molecule has 2 aliphatic heterocycles. The largest absolute Gasteiger partial charge is 0.381 e. The van der Waals surface area contributed by atoms with E-state index in [9.17, 15) is 9.59 Å². The predicted molar refractivity (Wildman–Crippen MR) is 91.5 cm³/mol. The molecule has 0 aromatic heterocycles. The summed E-state index contributed by atoms with van der Waals surface area (Å²) in [6.07, 6.45) is 5.58. The van der Waals surface area contributed by atoms with Crippen molar-refractivity contribution in [2.45, 2.75) is 45.1 Å². The first-order chi connectivity index (χ1) is 11.6. The quantitative estimate of drug-likeness (QED) is 0.827. The average molecular weight is 337 g/mol. The van der Waals surface area contributed by atoms with Gasteiger partial charge in [0.05, 0.1) is 19.1 Å². The molecule has 136 valence electrons. The van der Waals surface area contributed by atoms with Crippen molar-refractivity contribution in [3.05, 3.63) is 0 Å². The Hall–Kier alpha value is -1.14. The molecule has 6 nitrogen and oxygen atoms in total. The van der Waals surface area contributed by atoms with Crippen LogP contribution in [0.2, 0.25) is 0 Å². The molecule has 0 radical (unpaired) electrons. The SMILES string of the molecule is C[C@@H]1CCC[C@H](NC(=O)CN2CCN(C(=O)[C@@H]3CCOC3)CC2)C1. The van der Waals surface area contributed by atoms with Crippen LogP contribution in [0.25, 0.3) is 0 Å². The molecule has 3 atom stereocenters. The number of rotatable bonds is 4. The molecular weight excluding hydrogens is 306 g/mol. The van der Waals surface area contributed by atoms with Gasteiger partial charge in [0, 0.05) is 38.8 Å². The third-order valence-electron chi connectivity index (χ3n) is 5.63. The number of piperazine rings is 1.